The Morgan fingerprint density at radius 1 is 1.37 bits per heavy atom. The molecule has 2 fully saturated rings. The smallest absolute Gasteiger partial charge is 0.329 e. The topological polar surface area (TPSA) is 52.4 Å². The minimum absolute atomic E-state index is 0.106. The number of methoxy groups -OCH3 is 1. The molecule has 102 valence electrons. The highest BCUT2D eigenvalue weighted by atomic mass is 32.2. The molecule has 0 radical (unpaired) electrons. The lowest BCUT2D eigenvalue weighted by atomic mass is 10.2. The van der Waals surface area contributed by atoms with Crippen molar-refractivity contribution in [2.75, 3.05) is 7.11 Å². The van der Waals surface area contributed by atoms with E-state index in [-0.39, 0.29) is 18.1 Å². The van der Waals surface area contributed by atoms with Crippen LogP contribution in [0.1, 0.15) is 18.4 Å². The first kappa shape index (κ1) is 13.0. The molecule has 0 amide bonds. The van der Waals surface area contributed by atoms with Crippen molar-refractivity contribution in [2.24, 2.45) is 5.92 Å². The Labute approximate surface area is 116 Å². The van der Waals surface area contributed by atoms with E-state index in [4.69, 9.17) is 4.74 Å². The Hall–Kier alpha value is -1.04. The zero-order chi connectivity index (χ0) is 13.6. The number of rotatable bonds is 4. The number of ether oxygens (including phenoxy) is 1. The van der Waals surface area contributed by atoms with E-state index >= 15 is 0 Å². The Morgan fingerprint density at radius 2 is 2.00 bits per heavy atom. The van der Waals surface area contributed by atoms with Gasteiger partial charge in [-0.2, -0.15) is 0 Å². The lowest BCUT2D eigenvalue weighted by Crippen LogP contribution is -2.20. The van der Waals surface area contributed by atoms with Crippen LogP contribution in [0.25, 0.3) is 0 Å². The second kappa shape index (κ2) is 4.81. The maximum absolute atomic E-state index is 12.5. The van der Waals surface area contributed by atoms with Crippen LogP contribution in [-0.2, 0) is 20.9 Å². The molecule has 5 heteroatoms. The van der Waals surface area contributed by atoms with Gasteiger partial charge in [-0.15, -0.1) is 4.31 Å². The molecule has 2 aliphatic rings. The van der Waals surface area contributed by atoms with Crippen molar-refractivity contribution in [3.8, 4) is 0 Å². The standard InChI is InChI=1S/C14H17NO3S/c1-9-3-7-11(8-4-9)19(17)15-12(10-5-6-10)13(15)14(16)18-2/h3-4,7-8,10,12-13H,5-6H2,1-2H3/t12-,13-,15?,19?/m1/s1. The van der Waals surface area contributed by atoms with Gasteiger partial charge in [0.2, 0.25) is 0 Å². The van der Waals surface area contributed by atoms with Gasteiger partial charge in [0, 0.05) is 0 Å². The zero-order valence-electron chi connectivity index (χ0n) is 11.0. The van der Waals surface area contributed by atoms with Crippen LogP contribution in [0.15, 0.2) is 29.2 Å². The van der Waals surface area contributed by atoms with Crippen molar-refractivity contribution in [1.82, 2.24) is 4.31 Å². The first-order chi connectivity index (χ1) is 9.13. The summed E-state index contributed by atoms with van der Waals surface area (Å²) < 4.78 is 19.1. The first-order valence-electron chi connectivity index (χ1n) is 6.48. The normalized spacial score (nSPS) is 30.8. The fraction of sp³-hybridized carbons (Fsp3) is 0.500. The summed E-state index contributed by atoms with van der Waals surface area (Å²) in [6.45, 7) is 1.99. The fourth-order valence-corrected chi connectivity index (χ4v) is 3.97. The average Bonchev–Trinajstić information content (AvgIpc) is 3.28. The van der Waals surface area contributed by atoms with Gasteiger partial charge in [-0.3, -0.25) is 4.79 Å². The molecule has 4 atom stereocenters. The third-order valence-corrected chi connectivity index (χ3v) is 5.29. The van der Waals surface area contributed by atoms with Crippen LogP contribution in [0.4, 0.5) is 0 Å². The molecule has 2 unspecified atom stereocenters. The van der Waals surface area contributed by atoms with Crippen molar-refractivity contribution in [3.05, 3.63) is 29.8 Å². The summed E-state index contributed by atoms with van der Waals surface area (Å²) >= 11 is -1.26. The quantitative estimate of drug-likeness (QED) is 0.478. The number of aryl methyl sites for hydroxylation is 1. The van der Waals surface area contributed by atoms with Gasteiger partial charge in [0.1, 0.15) is 0 Å². The van der Waals surface area contributed by atoms with Gasteiger partial charge in [0.05, 0.1) is 24.5 Å². The summed E-state index contributed by atoms with van der Waals surface area (Å²) in [5, 5.41) is 0. The highest BCUT2D eigenvalue weighted by molar-refractivity contribution is 7.89. The summed E-state index contributed by atoms with van der Waals surface area (Å²) in [6.07, 6.45) is 2.25. The van der Waals surface area contributed by atoms with Crippen LogP contribution in [0.2, 0.25) is 0 Å². The lowest BCUT2D eigenvalue weighted by molar-refractivity contribution is -0.140. The summed E-state index contributed by atoms with van der Waals surface area (Å²) in [7, 11) is 1.39. The predicted molar refractivity (Wildman–Crippen MR) is 71.7 cm³/mol. The molecule has 0 bridgehead atoms. The number of benzene rings is 1. The van der Waals surface area contributed by atoms with Crippen molar-refractivity contribution in [1.29, 1.82) is 0 Å². The van der Waals surface area contributed by atoms with Crippen molar-refractivity contribution >= 4 is 17.3 Å². The molecule has 1 heterocycles. The van der Waals surface area contributed by atoms with E-state index in [0.29, 0.717) is 5.92 Å². The molecule has 1 aliphatic heterocycles. The number of carbonyl (C=O) groups excluding carboxylic acids is 1. The number of hydrogen-bond donors (Lipinski definition) is 0. The molecule has 4 nitrogen and oxygen atoms in total. The number of carbonyl (C=O) groups is 1. The second-order valence-corrected chi connectivity index (χ2v) is 6.61. The number of esters is 1. The molecule has 1 saturated carbocycles. The third kappa shape index (κ3) is 2.38. The molecule has 1 saturated heterocycles. The Kier molecular flexibility index (Phi) is 3.28. The molecule has 0 spiro atoms. The molecular weight excluding hydrogens is 262 g/mol. The minimum atomic E-state index is -1.26. The lowest BCUT2D eigenvalue weighted by Gasteiger charge is -2.11. The molecule has 1 aromatic rings. The van der Waals surface area contributed by atoms with Gasteiger partial charge >= 0.3 is 5.97 Å². The van der Waals surface area contributed by atoms with E-state index in [2.05, 4.69) is 0 Å². The minimum Gasteiger partial charge on any atom is -0.593 e. The van der Waals surface area contributed by atoms with Crippen molar-refractivity contribution in [3.63, 3.8) is 0 Å². The maximum Gasteiger partial charge on any atom is 0.329 e. The van der Waals surface area contributed by atoms with Crippen LogP contribution in [0, 0.1) is 12.8 Å². The zero-order valence-corrected chi connectivity index (χ0v) is 11.9. The van der Waals surface area contributed by atoms with Gasteiger partial charge < -0.3 is 9.29 Å². The van der Waals surface area contributed by atoms with Crippen LogP contribution in [0.3, 0.4) is 0 Å². The van der Waals surface area contributed by atoms with E-state index in [9.17, 15) is 9.35 Å². The molecule has 1 aliphatic carbocycles. The number of hydrogen-bond acceptors (Lipinski definition) is 4. The monoisotopic (exact) mass is 279 g/mol. The average molecular weight is 279 g/mol. The fourth-order valence-electron chi connectivity index (χ4n) is 2.49. The van der Waals surface area contributed by atoms with E-state index in [0.717, 1.165) is 23.3 Å². The SMILES string of the molecule is COC(=O)[C@H]1[C@@H](C2CC2)N1[S+]([O-])c1ccc(C)cc1. The molecule has 0 aromatic heterocycles. The van der Waals surface area contributed by atoms with Crippen molar-refractivity contribution < 1.29 is 14.1 Å². The largest absolute Gasteiger partial charge is 0.593 e. The molecule has 1 aromatic carbocycles. The van der Waals surface area contributed by atoms with Crippen molar-refractivity contribution in [2.45, 2.75) is 36.7 Å². The van der Waals surface area contributed by atoms with E-state index < -0.39 is 11.4 Å². The van der Waals surface area contributed by atoms with Crippen LogP contribution < -0.4 is 0 Å². The van der Waals surface area contributed by atoms with Gasteiger partial charge in [0.15, 0.2) is 10.9 Å². The van der Waals surface area contributed by atoms with Gasteiger partial charge in [-0.05, 0) is 37.8 Å². The van der Waals surface area contributed by atoms with Crippen LogP contribution in [0.5, 0.6) is 0 Å². The summed E-state index contributed by atoms with van der Waals surface area (Å²) in [5.74, 6) is 0.246. The molecule has 0 N–H and O–H groups in total. The Morgan fingerprint density at radius 3 is 2.53 bits per heavy atom. The first-order valence-corrected chi connectivity index (χ1v) is 7.59. The summed E-state index contributed by atoms with van der Waals surface area (Å²) in [4.78, 5) is 12.5. The van der Waals surface area contributed by atoms with E-state index in [1.54, 1.807) is 4.31 Å². The summed E-state index contributed by atoms with van der Waals surface area (Å²) in [6, 6.07) is 7.39. The van der Waals surface area contributed by atoms with Crippen LogP contribution in [-0.4, -0.2) is 34.0 Å². The Balaban J connectivity index is 1.77. The highest BCUT2D eigenvalue weighted by Gasteiger charge is 2.66. The third-order valence-electron chi connectivity index (χ3n) is 3.76. The van der Waals surface area contributed by atoms with Gasteiger partial charge in [0.25, 0.3) is 0 Å². The van der Waals surface area contributed by atoms with E-state index in [1.807, 2.05) is 31.2 Å². The predicted octanol–water partition coefficient (Wildman–Crippen LogP) is 1.65. The second-order valence-electron chi connectivity index (χ2n) is 5.22. The highest BCUT2D eigenvalue weighted by Crippen LogP contribution is 2.49. The summed E-state index contributed by atoms with van der Waals surface area (Å²) in [5.41, 5.74) is 1.13. The molecule has 19 heavy (non-hydrogen) atoms. The molecular formula is C14H17NO3S. The van der Waals surface area contributed by atoms with Gasteiger partial charge in [-0.1, -0.05) is 17.7 Å². The van der Waals surface area contributed by atoms with Crippen LogP contribution >= 0.6 is 0 Å². The maximum atomic E-state index is 12.5. The number of nitrogens with zero attached hydrogens (tertiary/aromatic N) is 1. The Bertz CT molecular complexity index is 486. The van der Waals surface area contributed by atoms with Gasteiger partial charge in [-0.25, -0.2) is 0 Å². The molecule has 3 rings (SSSR count). The van der Waals surface area contributed by atoms with E-state index in [1.165, 1.54) is 7.11 Å².